The van der Waals surface area contributed by atoms with Crippen molar-refractivity contribution in [3.63, 3.8) is 0 Å². The molecular formula is C19H26N2O2. The summed E-state index contributed by atoms with van der Waals surface area (Å²) in [6.07, 6.45) is 7.30. The van der Waals surface area contributed by atoms with Crippen LogP contribution < -0.4 is 5.32 Å². The van der Waals surface area contributed by atoms with Gasteiger partial charge < -0.3 is 10.2 Å². The van der Waals surface area contributed by atoms with Crippen LogP contribution in [0.25, 0.3) is 0 Å². The van der Waals surface area contributed by atoms with Crippen molar-refractivity contribution >= 4 is 17.5 Å². The van der Waals surface area contributed by atoms with Gasteiger partial charge in [-0.25, -0.2) is 0 Å². The molecule has 4 heteroatoms. The molecule has 0 atom stereocenters. The van der Waals surface area contributed by atoms with Crippen molar-refractivity contribution in [3.05, 3.63) is 42.5 Å². The molecule has 1 aromatic carbocycles. The molecule has 0 bridgehead atoms. The third kappa shape index (κ3) is 4.95. The maximum atomic E-state index is 12.7. The van der Waals surface area contributed by atoms with Crippen LogP contribution in [-0.4, -0.2) is 29.3 Å². The number of nitrogens with one attached hydrogen (secondary N) is 1. The van der Waals surface area contributed by atoms with E-state index in [2.05, 4.69) is 23.7 Å². The van der Waals surface area contributed by atoms with E-state index in [-0.39, 0.29) is 11.8 Å². The fraction of sp³-hybridized carbons (Fsp3) is 0.474. The Bertz CT molecular complexity index is 562. The van der Waals surface area contributed by atoms with Gasteiger partial charge in [0.15, 0.2) is 0 Å². The topological polar surface area (TPSA) is 49.4 Å². The van der Waals surface area contributed by atoms with Crippen LogP contribution >= 0.6 is 0 Å². The summed E-state index contributed by atoms with van der Waals surface area (Å²) in [5.41, 5.74) is 1.62. The van der Waals surface area contributed by atoms with Gasteiger partial charge in [-0.1, -0.05) is 38.5 Å². The molecule has 2 rings (SSSR count). The summed E-state index contributed by atoms with van der Waals surface area (Å²) in [4.78, 5) is 26.1. The van der Waals surface area contributed by atoms with Gasteiger partial charge in [-0.3, -0.25) is 9.59 Å². The number of carbonyl (C=O) groups excluding carboxylic acids is 2. The number of rotatable bonds is 7. The van der Waals surface area contributed by atoms with Gasteiger partial charge in [-0.15, -0.1) is 0 Å². The van der Waals surface area contributed by atoms with E-state index in [9.17, 15) is 9.59 Å². The zero-order valence-corrected chi connectivity index (χ0v) is 13.9. The Morgan fingerprint density at radius 2 is 2.09 bits per heavy atom. The van der Waals surface area contributed by atoms with Gasteiger partial charge in [0.25, 0.3) is 0 Å². The first-order valence-corrected chi connectivity index (χ1v) is 8.46. The molecule has 0 unspecified atom stereocenters. The van der Waals surface area contributed by atoms with Crippen LogP contribution in [0.2, 0.25) is 0 Å². The fourth-order valence-electron chi connectivity index (χ4n) is 3.20. The van der Waals surface area contributed by atoms with Crippen molar-refractivity contribution in [2.24, 2.45) is 0 Å². The van der Waals surface area contributed by atoms with Crippen LogP contribution in [0, 0.1) is 0 Å². The van der Waals surface area contributed by atoms with Crippen LogP contribution in [0.3, 0.4) is 0 Å². The predicted octanol–water partition coefficient (Wildman–Crippen LogP) is 3.53. The average molecular weight is 314 g/mol. The third-order valence-electron chi connectivity index (χ3n) is 4.29. The Balaban J connectivity index is 2.04. The minimum atomic E-state index is -0.243. The lowest BCUT2D eigenvalue weighted by molar-refractivity contribution is -0.132. The van der Waals surface area contributed by atoms with Crippen molar-refractivity contribution < 1.29 is 9.59 Å². The van der Waals surface area contributed by atoms with Crippen molar-refractivity contribution in [2.75, 3.05) is 11.9 Å². The van der Waals surface area contributed by atoms with E-state index in [1.54, 1.807) is 0 Å². The molecule has 124 valence electrons. The van der Waals surface area contributed by atoms with Crippen LogP contribution in [0.5, 0.6) is 0 Å². The summed E-state index contributed by atoms with van der Waals surface area (Å²) < 4.78 is 0. The zero-order chi connectivity index (χ0) is 16.7. The molecule has 0 aliphatic heterocycles. The molecule has 1 aliphatic rings. The predicted molar refractivity (Wildman–Crippen MR) is 93.2 cm³/mol. The largest absolute Gasteiger partial charge is 0.339 e. The standard InChI is InChI=1S/C19H26N2O2/c1-3-12-21(17-10-5-6-11-17)19(23)14-15-8-7-9-16(13-15)20-18(22)4-2/h4,7-9,13,17H,2-3,5-6,10-12,14H2,1H3,(H,20,22). The lowest BCUT2D eigenvalue weighted by Crippen LogP contribution is -2.40. The summed E-state index contributed by atoms with van der Waals surface area (Å²) in [7, 11) is 0. The first-order valence-electron chi connectivity index (χ1n) is 8.46. The minimum absolute atomic E-state index is 0.186. The van der Waals surface area contributed by atoms with E-state index in [4.69, 9.17) is 0 Å². The number of benzene rings is 1. The van der Waals surface area contributed by atoms with Gasteiger partial charge in [0.1, 0.15) is 0 Å². The van der Waals surface area contributed by atoms with E-state index >= 15 is 0 Å². The van der Waals surface area contributed by atoms with Crippen molar-refractivity contribution in [1.29, 1.82) is 0 Å². The third-order valence-corrected chi connectivity index (χ3v) is 4.29. The normalized spacial score (nSPS) is 14.5. The highest BCUT2D eigenvalue weighted by molar-refractivity contribution is 5.98. The lowest BCUT2D eigenvalue weighted by atomic mass is 10.1. The van der Waals surface area contributed by atoms with Crippen LogP contribution in [0.4, 0.5) is 5.69 Å². The van der Waals surface area contributed by atoms with E-state index in [1.165, 1.54) is 18.9 Å². The Morgan fingerprint density at radius 1 is 1.35 bits per heavy atom. The van der Waals surface area contributed by atoms with Gasteiger partial charge >= 0.3 is 0 Å². The van der Waals surface area contributed by atoms with E-state index < -0.39 is 0 Å². The molecule has 1 saturated carbocycles. The van der Waals surface area contributed by atoms with Gasteiger partial charge in [-0.2, -0.15) is 0 Å². The summed E-state index contributed by atoms with van der Waals surface area (Å²) in [6.45, 7) is 6.38. The summed E-state index contributed by atoms with van der Waals surface area (Å²) in [5, 5.41) is 2.73. The highest BCUT2D eigenvalue weighted by Gasteiger charge is 2.25. The van der Waals surface area contributed by atoms with Gasteiger partial charge in [0.05, 0.1) is 6.42 Å². The zero-order valence-electron chi connectivity index (χ0n) is 13.9. The van der Waals surface area contributed by atoms with E-state index in [0.717, 1.165) is 31.4 Å². The number of hydrogen-bond acceptors (Lipinski definition) is 2. The molecule has 1 aliphatic carbocycles. The van der Waals surface area contributed by atoms with Crippen molar-refractivity contribution in [3.8, 4) is 0 Å². The fourth-order valence-corrected chi connectivity index (χ4v) is 3.20. The molecule has 0 saturated heterocycles. The molecule has 1 N–H and O–H groups in total. The number of carbonyl (C=O) groups is 2. The van der Waals surface area contributed by atoms with Crippen LogP contribution in [-0.2, 0) is 16.0 Å². The molecule has 1 fully saturated rings. The molecule has 0 heterocycles. The number of amides is 2. The quantitative estimate of drug-likeness (QED) is 0.783. The van der Waals surface area contributed by atoms with E-state index in [0.29, 0.717) is 18.2 Å². The smallest absolute Gasteiger partial charge is 0.247 e. The first kappa shape index (κ1) is 17.3. The highest BCUT2D eigenvalue weighted by atomic mass is 16.2. The van der Waals surface area contributed by atoms with Gasteiger partial charge in [-0.05, 0) is 43.0 Å². The molecule has 4 nitrogen and oxygen atoms in total. The maximum absolute atomic E-state index is 12.7. The maximum Gasteiger partial charge on any atom is 0.247 e. The van der Waals surface area contributed by atoms with Crippen LogP contribution in [0.15, 0.2) is 36.9 Å². The molecular weight excluding hydrogens is 288 g/mol. The molecule has 0 spiro atoms. The van der Waals surface area contributed by atoms with Gasteiger partial charge in [0, 0.05) is 18.3 Å². The van der Waals surface area contributed by atoms with Gasteiger partial charge in [0.2, 0.25) is 11.8 Å². The number of nitrogens with zero attached hydrogens (tertiary/aromatic N) is 1. The lowest BCUT2D eigenvalue weighted by Gasteiger charge is -2.29. The van der Waals surface area contributed by atoms with E-state index in [1.807, 2.05) is 24.3 Å². The number of anilines is 1. The second-order valence-electron chi connectivity index (χ2n) is 6.10. The molecule has 0 radical (unpaired) electrons. The summed E-state index contributed by atoms with van der Waals surface area (Å²) >= 11 is 0. The highest BCUT2D eigenvalue weighted by Crippen LogP contribution is 2.24. The summed E-state index contributed by atoms with van der Waals surface area (Å²) in [5.74, 6) is -0.0574. The Kier molecular flexibility index (Phi) is 6.39. The van der Waals surface area contributed by atoms with Crippen molar-refractivity contribution in [1.82, 2.24) is 4.90 Å². The molecule has 1 aromatic rings. The second kappa shape index (κ2) is 8.51. The molecule has 0 aromatic heterocycles. The minimum Gasteiger partial charge on any atom is -0.339 e. The Labute approximate surface area is 138 Å². The monoisotopic (exact) mass is 314 g/mol. The van der Waals surface area contributed by atoms with Crippen molar-refractivity contribution in [2.45, 2.75) is 51.5 Å². The van der Waals surface area contributed by atoms with Crippen LogP contribution in [0.1, 0.15) is 44.6 Å². The second-order valence-corrected chi connectivity index (χ2v) is 6.10. The molecule has 2 amide bonds. The molecule has 23 heavy (non-hydrogen) atoms. The Hall–Kier alpha value is -2.10. The first-order chi connectivity index (χ1) is 11.1. The Morgan fingerprint density at radius 3 is 2.74 bits per heavy atom. The summed E-state index contributed by atoms with van der Waals surface area (Å²) in [6, 6.07) is 7.88. The average Bonchev–Trinajstić information content (AvgIpc) is 3.06. The number of hydrogen-bond donors (Lipinski definition) is 1. The SMILES string of the molecule is C=CC(=O)Nc1cccc(CC(=O)N(CCC)C2CCCC2)c1.